The maximum Gasteiger partial charge on any atom is 0.133 e. The second-order valence-electron chi connectivity index (χ2n) is 4.60. The average Bonchev–Trinajstić information content (AvgIpc) is 2.46. The molecule has 0 radical (unpaired) electrons. The van der Waals surface area contributed by atoms with Crippen LogP contribution in [0.15, 0.2) is 36.4 Å². The molecule has 0 fully saturated rings. The number of aliphatic hydroxyl groups is 1. The van der Waals surface area contributed by atoms with Gasteiger partial charge >= 0.3 is 0 Å². The second kappa shape index (κ2) is 6.54. The lowest BCUT2D eigenvalue weighted by molar-refractivity contribution is 0.189. The summed E-state index contributed by atoms with van der Waals surface area (Å²) in [5, 5.41) is 9.61. The number of ether oxygens (including phenoxy) is 2. The first-order valence-corrected chi connectivity index (χ1v) is 6.44. The molecule has 0 spiro atoms. The number of rotatable bonds is 5. The lowest BCUT2D eigenvalue weighted by Gasteiger charge is -2.14. The van der Waals surface area contributed by atoms with Gasteiger partial charge in [-0.25, -0.2) is 8.78 Å². The van der Waals surface area contributed by atoms with Crippen LogP contribution >= 0.6 is 0 Å². The fourth-order valence-electron chi connectivity index (χ4n) is 1.90. The van der Waals surface area contributed by atoms with E-state index >= 15 is 0 Å². The van der Waals surface area contributed by atoms with E-state index in [2.05, 4.69) is 0 Å². The molecule has 0 saturated heterocycles. The van der Waals surface area contributed by atoms with E-state index in [9.17, 15) is 13.9 Å². The SMILES string of the molecule is COc1ccc(COc2ccc(F)cc2[C@@H](C)O)c(F)c1. The van der Waals surface area contributed by atoms with E-state index in [4.69, 9.17) is 9.47 Å². The van der Waals surface area contributed by atoms with Crippen molar-refractivity contribution < 1.29 is 23.4 Å². The van der Waals surface area contributed by atoms with Crippen molar-refractivity contribution in [1.82, 2.24) is 0 Å². The first-order valence-electron chi connectivity index (χ1n) is 6.44. The normalized spacial score (nSPS) is 12.0. The molecule has 5 heteroatoms. The maximum atomic E-state index is 13.8. The average molecular weight is 294 g/mol. The van der Waals surface area contributed by atoms with Crippen LogP contribution in [0.1, 0.15) is 24.2 Å². The fraction of sp³-hybridized carbons (Fsp3) is 0.250. The Bertz CT molecular complexity index is 627. The van der Waals surface area contributed by atoms with E-state index in [0.29, 0.717) is 22.6 Å². The van der Waals surface area contributed by atoms with E-state index in [0.717, 1.165) is 0 Å². The van der Waals surface area contributed by atoms with Gasteiger partial charge in [0.05, 0.1) is 13.2 Å². The highest BCUT2D eigenvalue weighted by Crippen LogP contribution is 2.27. The van der Waals surface area contributed by atoms with Crippen molar-refractivity contribution in [2.24, 2.45) is 0 Å². The van der Waals surface area contributed by atoms with Gasteiger partial charge in [0.25, 0.3) is 0 Å². The molecule has 2 aromatic carbocycles. The molecule has 0 amide bonds. The van der Waals surface area contributed by atoms with Crippen LogP contribution in [-0.4, -0.2) is 12.2 Å². The predicted molar refractivity (Wildman–Crippen MR) is 74.3 cm³/mol. The number of hydrogen-bond donors (Lipinski definition) is 1. The lowest BCUT2D eigenvalue weighted by Crippen LogP contribution is -2.03. The van der Waals surface area contributed by atoms with Gasteiger partial charge in [-0.3, -0.25) is 0 Å². The van der Waals surface area contributed by atoms with Crippen LogP contribution in [0.3, 0.4) is 0 Å². The third kappa shape index (κ3) is 3.70. The molecule has 0 aliphatic heterocycles. The smallest absolute Gasteiger partial charge is 0.133 e. The molecule has 2 aromatic rings. The highest BCUT2D eigenvalue weighted by molar-refractivity contribution is 5.36. The third-order valence-corrected chi connectivity index (χ3v) is 3.07. The molecule has 2 rings (SSSR count). The van der Waals surface area contributed by atoms with E-state index in [1.165, 1.54) is 38.3 Å². The molecule has 0 saturated carbocycles. The Balaban J connectivity index is 2.16. The fourth-order valence-corrected chi connectivity index (χ4v) is 1.90. The quantitative estimate of drug-likeness (QED) is 0.915. The molecule has 0 unspecified atom stereocenters. The Kier molecular flexibility index (Phi) is 4.75. The first kappa shape index (κ1) is 15.3. The Hall–Kier alpha value is -2.14. The molecule has 1 N–H and O–H groups in total. The van der Waals surface area contributed by atoms with Gasteiger partial charge in [0, 0.05) is 17.2 Å². The van der Waals surface area contributed by atoms with E-state index in [-0.39, 0.29) is 6.61 Å². The van der Waals surface area contributed by atoms with Crippen molar-refractivity contribution in [1.29, 1.82) is 0 Å². The van der Waals surface area contributed by atoms with Gasteiger partial charge in [-0.15, -0.1) is 0 Å². The Morgan fingerprint density at radius 2 is 1.90 bits per heavy atom. The number of hydrogen-bond acceptors (Lipinski definition) is 3. The highest BCUT2D eigenvalue weighted by atomic mass is 19.1. The molecular formula is C16H16F2O3. The minimum Gasteiger partial charge on any atom is -0.497 e. The third-order valence-electron chi connectivity index (χ3n) is 3.07. The topological polar surface area (TPSA) is 38.7 Å². The molecule has 21 heavy (non-hydrogen) atoms. The maximum absolute atomic E-state index is 13.8. The Morgan fingerprint density at radius 3 is 2.52 bits per heavy atom. The van der Waals surface area contributed by atoms with E-state index in [1.807, 2.05) is 0 Å². The van der Waals surface area contributed by atoms with Crippen LogP contribution in [0.2, 0.25) is 0 Å². The molecule has 1 atom stereocenters. The van der Waals surface area contributed by atoms with Gasteiger partial charge in [-0.05, 0) is 37.3 Å². The van der Waals surface area contributed by atoms with Gasteiger partial charge in [0.1, 0.15) is 29.7 Å². The van der Waals surface area contributed by atoms with Crippen molar-refractivity contribution in [2.45, 2.75) is 19.6 Å². The minimum atomic E-state index is -0.878. The zero-order valence-electron chi connectivity index (χ0n) is 11.8. The number of benzene rings is 2. The van der Waals surface area contributed by atoms with Crippen molar-refractivity contribution >= 4 is 0 Å². The van der Waals surface area contributed by atoms with Gasteiger partial charge < -0.3 is 14.6 Å². The molecular weight excluding hydrogens is 278 g/mol. The largest absolute Gasteiger partial charge is 0.497 e. The van der Waals surface area contributed by atoms with Gasteiger partial charge in [0.15, 0.2) is 0 Å². The zero-order valence-corrected chi connectivity index (χ0v) is 11.8. The summed E-state index contributed by atoms with van der Waals surface area (Å²) in [5.74, 6) is -0.173. The van der Waals surface area contributed by atoms with E-state index in [1.54, 1.807) is 12.1 Å². The zero-order chi connectivity index (χ0) is 15.4. The first-order chi connectivity index (χ1) is 10.0. The molecule has 0 aliphatic rings. The molecule has 112 valence electrons. The molecule has 0 bridgehead atoms. The van der Waals surface area contributed by atoms with E-state index < -0.39 is 17.7 Å². The molecule has 0 heterocycles. The van der Waals surface area contributed by atoms with Crippen molar-refractivity contribution in [3.8, 4) is 11.5 Å². The van der Waals surface area contributed by atoms with Crippen LogP contribution < -0.4 is 9.47 Å². The van der Waals surface area contributed by atoms with Gasteiger partial charge in [0.2, 0.25) is 0 Å². The van der Waals surface area contributed by atoms with Crippen molar-refractivity contribution in [3.05, 3.63) is 59.2 Å². The highest BCUT2D eigenvalue weighted by Gasteiger charge is 2.12. The summed E-state index contributed by atoms with van der Waals surface area (Å²) in [4.78, 5) is 0. The number of aliphatic hydroxyl groups excluding tert-OH is 1. The van der Waals surface area contributed by atoms with Crippen LogP contribution in [-0.2, 0) is 6.61 Å². The van der Waals surface area contributed by atoms with Gasteiger partial charge in [-0.1, -0.05) is 0 Å². The summed E-state index contributed by atoms with van der Waals surface area (Å²) in [5.41, 5.74) is 0.667. The van der Waals surface area contributed by atoms with Crippen LogP contribution in [0.5, 0.6) is 11.5 Å². The minimum absolute atomic E-state index is 0.0266. The van der Waals surface area contributed by atoms with Crippen LogP contribution in [0, 0.1) is 11.6 Å². The standard InChI is InChI=1S/C16H16F2O3/c1-10(19)14-7-12(17)4-6-16(14)21-9-11-3-5-13(20-2)8-15(11)18/h3-8,10,19H,9H2,1-2H3/t10-/m1/s1. The van der Waals surface area contributed by atoms with Crippen molar-refractivity contribution in [3.63, 3.8) is 0 Å². The summed E-state index contributed by atoms with van der Waals surface area (Å²) in [7, 11) is 1.46. The number of halogens is 2. The summed E-state index contributed by atoms with van der Waals surface area (Å²) in [6.45, 7) is 1.48. The number of methoxy groups -OCH3 is 1. The molecule has 0 aromatic heterocycles. The summed E-state index contributed by atoms with van der Waals surface area (Å²) < 4.78 is 37.4. The van der Waals surface area contributed by atoms with Crippen LogP contribution in [0.4, 0.5) is 8.78 Å². The molecule has 3 nitrogen and oxygen atoms in total. The Morgan fingerprint density at radius 1 is 1.14 bits per heavy atom. The van der Waals surface area contributed by atoms with Crippen molar-refractivity contribution in [2.75, 3.05) is 7.11 Å². The summed E-state index contributed by atoms with van der Waals surface area (Å²) in [6, 6.07) is 8.29. The molecule has 0 aliphatic carbocycles. The van der Waals surface area contributed by atoms with Crippen LogP contribution in [0.25, 0.3) is 0 Å². The second-order valence-corrected chi connectivity index (χ2v) is 4.60. The summed E-state index contributed by atoms with van der Waals surface area (Å²) >= 11 is 0. The predicted octanol–water partition coefficient (Wildman–Crippen LogP) is 3.61. The lowest BCUT2D eigenvalue weighted by atomic mass is 10.1. The monoisotopic (exact) mass is 294 g/mol. The summed E-state index contributed by atoms with van der Waals surface area (Å²) in [6.07, 6.45) is -0.878. The Labute approximate surface area is 121 Å². The van der Waals surface area contributed by atoms with Gasteiger partial charge in [-0.2, -0.15) is 0 Å².